The van der Waals surface area contributed by atoms with Crippen LogP contribution in [-0.2, 0) is 0 Å². The van der Waals surface area contributed by atoms with Crippen LogP contribution in [0.25, 0.3) is 6.08 Å². The van der Waals surface area contributed by atoms with Gasteiger partial charge in [0, 0.05) is 23.3 Å². The minimum Gasteiger partial charge on any atom is -0.508 e. The molecule has 1 aliphatic rings. The summed E-state index contributed by atoms with van der Waals surface area (Å²) in [5.74, 6) is 0.144. The molecular weight excluding hydrogens is 286 g/mol. The number of hydrogen-bond acceptors (Lipinski definition) is 2. The second-order valence-corrected chi connectivity index (χ2v) is 6.35. The Morgan fingerprint density at radius 2 is 1.87 bits per heavy atom. The quantitative estimate of drug-likeness (QED) is 0.809. The molecule has 3 heteroatoms. The zero-order chi connectivity index (χ0) is 17.2. The van der Waals surface area contributed by atoms with Gasteiger partial charge < -0.3 is 10.2 Å². The van der Waals surface area contributed by atoms with Crippen molar-refractivity contribution in [3.63, 3.8) is 0 Å². The Kier molecular flexibility index (Phi) is 4.79. The average molecular weight is 312 g/mol. The molecule has 1 aromatic rings. The SMILES string of the molecule is C/C=C1\C(=C/CC)C(C)(C)C(/C=C/c2ccc(O)cc2O)=[N+]1C. The summed E-state index contributed by atoms with van der Waals surface area (Å²) in [7, 11) is 2.07. The van der Waals surface area contributed by atoms with E-state index in [1.54, 1.807) is 12.1 Å². The number of hydrogen-bond donors (Lipinski definition) is 2. The molecule has 0 atom stereocenters. The number of likely N-dealkylation sites (N-methyl/N-ethyl adjacent to an activating group) is 1. The van der Waals surface area contributed by atoms with Gasteiger partial charge in [-0.3, -0.25) is 0 Å². The normalized spacial score (nSPS) is 21.1. The van der Waals surface area contributed by atoms with Gasteiger partial charge in [-0.25, -0.2) is 0 Å². The third kappa shape index (κ3) is 3.09. The van der Waals surface area contributed by atoms with Gasteiger partial charge in [-0.15, -0.1) is 0 Å². The summed E-state index contributed by atoms with van der Waals surface area (Å²) in [6.45, 7) is 8.65. The third-order valence-electron chi connectivity index (χ3n) is 4.43. The first-order chi connectivity index (χ1) is 10.8. The van der Waals surface area contributed by atoms with Crippen molar-refractivity contribution >= 4 is 11.8 Å². The van der Waals surface area contributed by atoms with Crippen LogP contribution in [0.15, 0.2) is 47.7 Å². The summed E-state index contributed by atoms with van der Waals surface area (Å²) in [4.78, 5) is 0. The van der Waals surface area contributed by atoms with Gasteiger partial charge in [0.05, 0.1) is 5.41 Å². The molecule has 122 valence electrons. The van der Waals surface area contributed by atoms with Crippen LogP contribution >= 0.6 is 0 Å². The van der Waals surface area contributed by atoms with Gasteiger partial charge in [0.1, 0.15) is 18.5 Å². The summed E-state index contributed by atoms with van der Waals surface area (Å²) >= 11 is 0. The first-order valence-corrected chi connectivity index (χ1v) is 8.01. The van der Waals surface area contributed by atoms with E-state index in [1.165, 1.54) is 23.0 Å². The van der Waals surface area contributed by atoms with Crippen molar-refractivity contribution in [3.8, 4) is 11.5 Å². The maximum Gasteiger partial charge on any atom is 0.204 e. The Bertz CT molecular complexity index is 734. The molecule has 2 N–H and O–H groups in total. The number of benzene rings is 1. The highest BCUT2D eigenvalue weighted by Crippen LogP contribution is 2.40. The Balaban J connectivity index is 2.47. The summed E-state index contributed by atoms with van der Waals surface area (Å²) in [5, 5.41) is 19.3. The Labute approximate surface area is 138 Å². The fourth-order valence-electron chi connectivity index (χ4n) is 3.26. The molecule has 1 aromatic carbocycles. The molecule has 0 bridgehead atoms. The standard InChI is InChI=1S/C20H25NO2/c1-6-8-16-17(7-2)21(5)19(20(16,3)4)12-10-14-9-11-15(22)13-18(14)23/h7-13H,6H2,1-5H3,(H,22,23)/p+1/b16-8+,17-7+. The minimum atomic E-state index is -0.0877. The monoisotopic (exact) mass is 312 g/mol. The highest BCUT2D eigenvalue weighted by atomic mass is 16.3. The van der Waals surface area contributed by atoms with E-state index in [1.807, 2.05) is 12.2 Å². The van der Waals surface area contributed by atoms with E-state index >= 15 is 0 Å². The van der Waals surface area contributed by atoms with Crippen molar-refractivity contribution < 1.29 is 14.8 Å². The molecule has 0 saturated heterocycles. The second kappa shape index (κ2) is 6.45. The smallest absolute Gasteiger partial charge is 0.204 e. The van der Waals surface area contributed by atoms with Gasteiger partial charge >= 0.3 is 0 Å². The van der Waals surface area contributed by atoms with Gasteiger partial charge in [-0.05, 0) is 51.5 Å². The maximum atomic E-state index is 9.94. The van der Waals surface area contributed by atoms with Crippen LogP contribution in [0.5, 0.6) is 11.5 Å². The van der Waals surface area contributed by atoms with Crippen LogP contribution in [0.3, 0.4) is 0 Å². The number of nitrogens with zero attached hydrogens (tertiary/aromatic N) is 1. The molecule has 3 nitrogen and oxygen atoms in total. The zero-order valence-electron chi connectivity index (χ0n) is 14.6. The maximum absolute atomic E-state index is 9.94. The van der Waals surface area contributed by atoms with Gasteiger partial charge in [0.25, 0.3) is 0 Å². The van der Waals surface area contributed by atoms with Crippen molar-refractivity contribution in [2.24, 2.45) is 5.41 Å². The summed E-state index contributed by atoms with van der Waals surface area (Å²) in [5.41, 5.74) is 4.34. The Hall–Kier alpha value is -2.29. The van der Waals surface area contributed by atoms with Crippen molar-refractivity contribution in [1.82, 2.24) is 0 Å². The van der Waals surface area contributed by atoms with E-state index < -0.39 is 0 Å². The first-order valence-electron chi connectivity index (χ1n) is 8.01. The Morgan fingerprint density at radius 1 is 1.17 bits per heavy atom. The molecule has 0 saturated carbocycles. The van der Waals surface area contributed by atoms with E-state index in [-0.39, 0.29) is 16.9 Å². The highest BCUT2D eigenvalue weighted by molar-refractivity contribution is 6.03. The molecule has 0 fully saturated rings. The highest BCUT2D eigenvalue weighted by Gasteiger charge is 2.45. The molecule has 0 aromatic heterocycles. The third-order valence-corrected chi connectivity index (χ3v) is 4.43. The number of phenols is 2. The molecule has 0 spiro atoms. The van der Waals surface area contributed by atoms with Gasteiger partial charge in [0.2, 0.25) is 5.70 Å². The number of allylic oxidation sites excluding steroid dienone is 4. The molecule has 23 heavy (non-hydrogen) atoms. The van der Waals surface area contributed by atoms with E-state index in [2.05, 4.69) is 51.5 Å². The number of aromatic hydroxyl groups is 2. The molecule has 0 aliphatic carbocycles. The summed E-state index contributed by atoms with van der Waals surface area (Å²) in [6.07, 6.45) is 9.36. The van der Waals surface area contributed by atoms with Crippen LogP contribution in [0.2, 0.25) is 0 Å². The molecule has 0 unspecified atom stereocenters. The van der Waals surface area contributed by atoms with E-state index in [9.17, 15) is 10.2 Å². The van der Waals surface area contributed by atoms with Gasteiger partial charge in [-0.1, -0.05) is 13.0 Å². The van der Waals surface area contributed by atoms with Gasteiger partial charge in [0.15, 0.2) is 5.71 Å². The molecule has 1 heterocycles. The van der Waals surface area contributed by atoms with Gasteiger partial charge in [-0.2, -0.15) is 4.58 Å². The van der Waals surface area contributed by atoms with E-state index in [4.69, 9.17) is 0 Å². The topological polar surface area (TPSA) is 43.5 Å². The first kappa shape index (κ1) is 17.1. The van der Waals surface area contributed by atoms with Crippen LogP contribution < -0.4 is 0 Å². The van der Waals surface area contributed by atoms with Crippen LogP contribution in [0.4, 0.5) is 0 Å². The lowest BCUT2D eigenvalue weighted by Gasteiger charge is -2.16. The lowest BCUT2D eigenvalue weighted by atomic mass is 9.80. The number of rotatable bonds is 3. The fraction of sp³-hybridized carbons (Fsp3) is 0.350. The fourth-order valence-corrected chi connectivity index (χ4v) is 3.26. The number of phenolic OH excluding ortho intramolecular Hbond substituents is 2. The van der Waals surface area contributed by atoms with Crippen LogP contribution in [0.1, 0.15) is 39.7 Å². The molecule has 0 radical (unpaired) electrons. The summed E-state index contributed by atoms with van der Waals surface area (Å²) in [6, 6.07) is 4.64. The van der Waals surface area contributed by atoms with Crippen LogP contribution in [-0.4, -0.2) is 27.5 Å². The summed E-state index contributed by atoms with van der Waals surface area (Å²) < 4.78 is 2.20. The lowest BCUT2D eigenvalue weighted by molar-refractivity contribution is -0.434. The molecule has 0 amide bonds. The second-order valence-electron chi connectivity index (χ2n) is 6.35. The minimum absolute atomic E-state index is 0.0648. The van der Waals surface area contributed by atoms with Crippen molar-refractivity contribution in [3.05, 3.63) is 53.3 Å². The molecular formula is C20H26NO2+. The lowest BCUT2D eigenvalue weighted by Crippen LogP contribution is -2.22. The van der Waals surface area contributed by atoms with E-state index in [0.29, 0.717) is 5.56 Å². The van der Waals surface area contributed by atoms with Crippen molar-refractivity contribution in [2.75, 3.05) is 7.05 Å². The average Bonchev–Trinajstić information content (AvgIpc) is 2.66. The molecule has 1 aliphatic heterocycles. The molecule has 2 rings (SSSR count). The predicted octanol–water partition coefficient (Wildman–Crippen LogP) is 4.47. The largest absolute Gasteiger partial charge is 0.508 e. The van der Waals surface area contributed by atoms with Crippen molar-refractivity contribution in [2.45, 2.75) is 34.1 Å². The predicted molar refractivity (Wildman–Crippen MR) is 95.9 cm³/mol. The van der Waals surface area contributed by atoms with E-state index in [0.717, 1.165) is 6.42 Å². The Morgan fingerprint density at radius 3 is 2.43 bits per heavy atom. The van der Waals surface area contributed by atoms with Crippen molar-refractivity contribution in [1.29, 1.82) is 0 Å². The van der Waals surface area contributed by atoms with Crippen LogP contribution in [0, 0.1) is 5.41 Å². The zero-order valence-corrected chi connectivity index (χ0v) is 14.6.